The fourth-order valence-corrected chi connectivity index (χ4v) is 4.54. The molecule has 1 saturated heterocycles. The van der Waals surface area contributed by atoms with Crippen LogP contribution >= 0.6 is 24.0 Å². The lowest BCUT2D eigenvalue weighted by Gasteiger charge is -2.26. The molecule has 136 valence electrons. The van der Waals surface area contributed by atoms with Gasteiger partial charge in [0, 0.05) is 12.1 Å². The highest BCUT2D eigenvalue weighted by atomic mass is 32.2. The molecule has 2 aliphatic heterocycles. The van der Waals surface area contributed by atoms with Gasteiger partial charge in [0.15, 0.2) is 0 Å². The molecule has 0 aromatic heterocycles. The first-order valence-corrected chi connectivity index (χ1v) is 10.2. The third kappa shape index (κ3) is 3.57. The van der Waals surface area contributed by atoms with E-state index in [1.54, 1.807) is 4.90 Å². The van der Waals surface area contributed by atoms with Crippen LogP contribution in [0.5, 0.6) is 5.75 Å². The molecule has 0 saturated carbocycles. The van der Waals surface area contributed by atoms with Crippen LogP contribution in [0, 0.1) is 0 Å². The highest BCUT2D eigenvalue weighted by Crippen LogP contribution is 2.40. The maximum Gasteiger partial charge on any atom is 0.266 e. The van der Waals surface area contributed by atoms with E-state index in [9.17, 15) is 4.79 Å². The Morgan fingerprint density at radius 1 is 1.15 bits per heavy atom. The molecule has 1 amide bonds. The van der Waals surface area contributed by atoms with Gasteiger partial charge in [0.2, 0.25) is 0 Å². The molecule has 4 rings (SSSR count). The Hall–Kier alpha value is -2.37. The second-order valence-electron chi connectivity index (χ2n) is 6.42. The highest BCUT2D eigenvalue weighted by molar-refractivity contribution is 8.26. The summed E-state index contributed by atoms with van der Waals surface area (Å²) in [5.41, 5.74) is 3.02. The first-order chi connectivity index (χ1) is 13.2. The molecule has 0 aliphatic carbocycles. The van der Waals surface area contributed by atoms with Gasteiger partial charge in [0.1, 0.15) is 16.2 Å². The van der Waals surface area contributed by atoms with Gasteiger partial charge >= 0.3 is 0 Å². The second-order valence-corrected chi connectivity index (χ2v) is 8.10. The molecule has 1 unspecified atom stereocenters. The molecule has 1 fully saturated rings. The molecule has 1 atom stereocenters. The number of benzene rings is 2. The van der Waals surface area contributed by atoms with Gasteiger partial charge in [-0.25, -0.2) is 0 Å². The monoisotopic (exact) mass is 393 g/mol. The van der Waals surface area contributed by atoms with E-state index in [2.05, 4.69) is 6.08 Å². The minimum Gasteiger partial charge on any atom is -0.480 e. The van der Waals surface area contributed by atoms with Crippen LogP contribution in [0.4, 0.5) is 0 Å². The van der Waals surface area contributed by atoms with Crippen molar-refractivity contribution in [3.63, 3.8) is 0 Å². The number of amides is 1. The van der Waals surface area contributed by atoms with Gasteiger partial charge in [0.25, 0.3) is 5.91 Å². The zero-order valence-corrected chi connectivity index (χ0v) is 16.6. The Kier molecular flexibility index (Phi) is 5.14. The van der Waals surface area contributed by atoms with Crippen LogP contribution < -0.4 is 4.74 Å². The Bertz CT molecular complexity index is 950. The average Bonchev–Trinajstić information content (AvgIpc) is 2.96. The number of nitrogens with zero attached hydrogens (tertiary/aromatic N) is 1. The Labute approximate surface area is 168 Å². The largest absolute Gasteiger partial charge is 0.480 e. The molecule has 2 aliphatic rings. The molecule has 2 heterocycles. The number of thioether (sulfide) groups is 1. The Morgan fingerprint density at radius 3 is 2.67 bits per heavy atom. The van der Waals surface area contributed by atoms with Crippen molar-refractivity contribution in [2.24, 2.45) is 0 Å². The minimum atomic E-state index is -0.254. The van der Waals surface area contributed by atoms with Crippen molar-refractivity contribution in [1.82, 2.24) is 4.90 Å². The average molecular weight is 394 g/mol. The summed E-state index contributed by atoms with van der Waals surface area (Å²) in [6.07, 6.45) is 4.66. The van der Waals surface area contributed by atoms with Crippen LogP contribution in [-0.4, -0.2) is 21.7 Å². The van der Waals surface area contributed by atoms with Crippen molar-refractivity contribution in [3.8, 4) is 5.75 Å². The SMILES string of the molecule is CCCN1C(=O)C(=CC2=Cc3ccccc3OC2c2ccccc2)SC1=S. The topological polar surface area (TPSA) is 29.5 Å². The van der Waals surface area contributed by atoms with Crippen LogP contribution in [0.2, 0.25) is 0 Å². The number of hydrogen-bond donors (Lipinski definition) is 0. The standard InChI is InChI=1S/C22H19NO2S2/c1-2-12-23-21(24)19(27-22(23)26)14-17-13-16-10-6-7-11-18(16)25-20(17)15-8-4-3-5-9-15/h3-11,13-14,20H,2,12H2,1H3. The maximum atomic E-state index is 12.7. The second kappa shape index (κ2) is 7.71. The molecule has 2 aromatic rings. The fourth-order valence-electron chi connectivity index (χ4n) is 3.23. The minimum absolute atomic E-state index is 0.0154. The Morgan fingerprint density at radius 2 is 1.89 bits per heavy atom. The molecule has 3 nitrogen and oxygen atoms in total. The van der Waals surface area contributed by atoms with E-state index in [1.165, 1.54) is 11.8 Å². The molecule has 0 N–H and O–H groups in total. The molecule has 5 heteroatoms. The fraction of sp³-hybridized carbons (Fsp3) is 0.182. The number of carbonyl (C=O) groups excluding carboxylic acids is 1. The number of hydrogen-bond acceptors (Lipinski definition) is 4. The van der Waals surface area contributed by atoms with Gasteiger partial charge in [-0.2, -0.15) is 0 Å². The molecule has 2 aromatic carbocycles. The zero-order valence-electron chi connectivity index (χ0n) is 14.9. The van der Waals surface area contributed by atoms with Crippen molar-refractivity contribution in [2.75, 3.05) is 6.54 Å². The van der Waals surface area contributed by atoms with Crippen molar-refractivity contribution >= 4 is 40.3 Å². The number of para-hydroxylation sites is 1. The summed E-state index contributed by atoms with van der Waals surface area (Å²) in [6.45, 7) is 2.70. The van der Waals surface area contributed by atoms with E-state index in [0.29, 0.717) is 15.8 Å². The quantitative estimate of drug-likeness (QED) is 0.517. The van der Waals surface area contributed by atoms with Crippen LogP contribution in [-0.2, 0) is 4.79 Å². The third-order valence-corrected chi connectivity index (χ3v) is 5.89. The van der Waals surface area contributed by atoms with Crippen molar-refractivity contribution in [3.05, 3.63) is 82.3 Å². The summed E-state index contributed by atoms with van der Waals surface area (Å²) in [5, 5.41) is 0. The van der Waals surface area contributed by atoms with E-state index < -0.39 is 0 Å². The molecule has 27 heavy (non-hydrogen) atoms. The van der Waals surface area contributed by atoms with Gasteiger partial charge in [-0.05, 0) is 35.8 Å². The maximum absolute atomic E-state index is 12.7. The Balaban J connectivity index is 1.75. The summed E-state index contributed by atoms with van der Waals surface area (Å²) in [5.74, 6) is 0.834. The number of rotatable bonds is 4. The van der Waals surface area contributed by atoms with Crippen molar-refractivity contribution in [1.29, 1.82) is 0 Å². The van der Waals surface area contributed by atoms with E-state index in [4.69, 9.17) is 17.0 Å². The van der Waals surface area contributed by atoms with Crippen LogP contribution in [0.25, 0.3) is 6.08 Å². The molecular formula is C22H19NO2S2. The third-order valence-electron chi connectivity index (χ3n) is 4.51. The molecule has 0 bridgehead atoms. The van der Waals surface area contributed by atoms with Gasteiger partial charge in [-0.3, -0.25) is 9.69 Å². The first-order valence-electron chi connectivity index (χ1n) is 8.95. The lowest BCUT2D eigenvalue weighted by Crippen LogP contribution is -2.28. The highest BCUT2D eigenvalue weighted by Gasteiger charge is 2.33. The summed E-state index contributed by atoms with van der Waals surface area (Å²) < 4.78 is 6.92. The molecular weight excluding hydrogens is 374 g/mol. The van der Waals surface area contributed by atoms with Gasteiger partial charge in [-0.15, -0.1) is 0 Å². The normalized spacial score (nSPS) is 20.5. The van der Waals surface area contributed by atoms with Crippen LogP contribution in [0.3, 0.4) is 0 Å². The molecule has 0 spiro atoms. The lowest BCUT2D eigenvalue weighted by molar-refractivity contribution is -0.122. The van der Waals surface area contributed by atoms with Gasteiger partial charge in [-0.1, -0.05) is 79.4 Å². The van der Waals surface area contributed by atoms with Crippen molar-refractivity contribution in [2.45, 2.75) is 19.4 Å². The van der Waals surface area contributed by atoms with E-state index in [1.807, 2.05) is 67.6 Å². The van der Waals surface area contributed by atoms with E-state index in [-0.39, 0.29) is 12.0 Å². The number of thiocarbonyl (C=S) groups is 1. The zero-order chi connectivity index (χ0) is 18.8. The van der Waals surface area contributed by atoms with E-state index >= 15 is 0 Å². The summed E-state index contributed by atoms with van der Waals surface area (Å²) in [4.78, 5) is 15.1. The van der Waals surface area contributed by atoms with Crippen LogP contribution in [0.15, 0.2) is 71.2 Å². The number of carbonyl (C=O) groups is 1. The van der Waals surface area contributed by atoms with Gasteiger partial charge in [0.05, 0.1) is 4.91 Å². The smallest absolute Gasteiger partial charge is 0.266 e. The predicted octanol–water partition coefficient (Wildman–Crippen LogP) is 5.36. The number of ether oxygens (including phenoxy) is 1. The lowest BCUT2D eigenvalue weighted by atomic mass is 9.95. The summed E-state index contributed by atoms with van der Waals surface area (Å²) >= 11 is 6.76. The predicted molar refractivity (Wildman–Crippen MR) is 115 cm³/mol. The summed E-state index contributed by atoms with van der Waals surface area (Å²) in [6, 6.07) is 18.0. The van der Waals surface area contributed by atoms with E-state index in [0.717, 1.165) is 28.9 Å². The van der Waals surface area contributed by atoms with Crippen molar-refractivity contribution < 1.29 is 9.53 Å². The first kappa shape index (κ1) is 18.0. The number of fused-ring (bicyclic) bond motifs is 1. The van der Waals surface area contributed by atoms with Gasteiger partial charge < -0.3 is 4.74 Å². The van der Waals surface area contributed by atoms with Crippen LogP contribution in [0.1, 0.15) is 30.6 Å². The molecule has 0 radical (unpaired) electrons. The summed E-state index contributed by atoms with van der Waals surface area (Å²) in [7, 11) is 0.